The van der Waals surface area contributed by atoms with Gasteiger partial charge in [-0.3, -0.25) is 0 Å². The first-order valence-corrected chi connectivity index (χ1v) is 15.4. The van der Waals surface area contributed by atoms with E-state index in [1.807, 2.05) is 18.2 Å². The summed E-state index contributed by atoms with van der Waals surface area (Å²) >= 11 is 0. The first-order chi connectivity index (χ1) is 16.2. The van der Waals surface area contributed by atoms with Gasteiger partial charge in [-0.25, -0.2) is 8.42 Å². The molecule has 0 aromatic heterocycles. The second-order valence-electron chi connectivity index (χ2n) is 9.94. The van der Waals surface area contributed by atoms with Gasteiger partial charge in [0, 0.05) is 0 Å². The van der Waals surface area contributed by atoms with E-state index in [4.69, 9.17) is 9.16 Å². The van der Waals surface area contributed by atoms with Crippen molar-refractivity contribution in [2.75, 3.05) is 0 Å². The Labute approximate surface area is 205 Å². The lowest BCUT2D eigenvalue weighted by molar-refractivity contribution is 0.138. The van der Waals surface area contributed by atoms with Crippen LogP contribution >= 0.6 is 0 Å². The largest absolute Gasteiger partial charge is 0.402 e. The summed E-state index contributed by atoms with van der Waals surface area (Å²) in [5, 5.41) is 2.17. The highest BCUT2D eigenvalue weighted by molar-refractivity contribution is 7.92. The van der Waals surface area contributed by atoms with E-state index in [1.54, 1.807) is 24.3 Å². The highest BCUT2D eigenvalue weighted by Crippen LogP contribution is 2.42. The van der Waals surface area contributed by atoms with Crippen LogP contribution in [0.25, 0.3) is 0 Å². The summed E-state index contributed by atoms with van der Waals surface area (Å²) < 4.78 is 39.6. The Morgan fingerprint density at radius 1 is 0.853 bits per heavy atom. The fraction of sp³-hybridized carbons (Fsp3) is 0.357. The van der Waals surface area contributed by atoms with E-state index in [0.717, 1.165) is 12.8 Å². The Hall–Kier alpha value is -2.25. The average Bonchev–Trinajstić information content (AvgIpc) is 3.65. The van der Waals surface area contributed by atoms with E-state index < -0.39 is 29.7 Å². The topological polar surface area (TPSA) is 55.9 Å². The van der Waals surface area contributed by atoms with Gasteiger partial charge in [0.25, 0.3) is 8.32 Å². The number of epoxide rings is 1. The molecule has 1 aliphatic rings. The Morgan fingerprint density at radius 3 is 1.76 bits per heavy atom. The van der Waals surface area contributed by atoms with E-state index >= 15 is 0 Å². The van der Waals surface area contributed by atoms with Crippen LogP contribution in [0.3, 0.4) is 0 Å². The molecule has 3 atom stereocenters. The summed E-state index contributed by atoms with van der Waals surface area (Å²) in [5.74, 6) is 0. The number of hydrogen-bond donors (Lipinski definition) is 0. The zero-order valence-electron chi connectivity index (χ0n) is 20.3. The minimum Gasteiger partial charge on any atom is -0.402 e. The third-order valence-corrected chi connectivity index (χ3v) is 13.5. The summed E-state index contributed by atoms with van der Waals surface area (Å²) in [6.45, 7) is 8.79. The van der Waals surface area contributed by atoms with Crippen molar-refractivity contribution < 1.29 is 17.6 Å². The first-order valence-electron chi connectivity index (χ1n) is 11.9. The molecule has 1 saturated heterocycles. The fourth-order valence-corrected chi connectivity index (χ4v) is 11.2. The number of ether oxygens (including phenoxy) is 1. The van der Waals surface area contributed by atoms with Crippen LogP contribution in [0, 0.1) is 0 Å². The lowest BCUT2D eigenvalue weighted by atomic mass is 10.1. The van der Waals surface area contributed by atoms with E-state index in [1.165, 1.54) is 10.4 Å². The van der Waals surface area contributed by atoms with E-state index in [0.29, 0.717) is 4.90 Å². The molecule has 0 bridgehead atoms. The maximum atomic E-state index is 13.2. The fourth-order valence-electron chi connectivity index (χ4n) is 4.86. The summed E-state index contributed by atoms with van der Waals surface area (Å²) in [4.78, 5) is 0.295. The molecule has 0 spiro atoms. The molecule has 34 heavy (non-hydrogen) atoms. The number of benzene rings is 3. The zero-order valence-corrected chi connectivity index (χ0v) is 22.2. The van der Waals surface area contributed by atoms with Gasteiger partial charge in [-0.1, -0.05) is 113 Å². The van der Waals surface area contributed by atoms with Crippen molar-refractivity contribution in [3.05, 3.63) is 91.0 Å². The maximum Gasteiger partial charge on any atom is 0.261 e. The molecule has 180 valence electrons. The molecule has 1 aliphatic heterocycles. The lowest BCUT2D eigenvalue weighted by Gasteiger charge is -2.45. The predicted octanol–water partition coefficient (Wildman–Crippen LogP) is 4.93. The molecule has 1 heterocycles. The number of hydrogen-bond acceptors (Lipinski definition) is 4. The molecular formula is C28H34O4SSi. The summed E-state index contributed by atoms with van der Waals surface area (Å²) in [7, 11) is -6.40. The van der Waals surface area contributed by atoms with Gasteiger partial charge < -0.3 is 9.16 Å². The third-order valence-electron chi connectivity index (χ3n) is 6.55. The average molecular weight is 495 g/mol. The third kappa shape index (κ3) is 4.65. The molecule has 0 saturated carbocycles. The van der Waals surface area contributed by atoms with Gasteiger partial charge in [0.1, 0.15) is 6.10 Å². The highest BCUT2D eigenvalue weighted by Gasteiger charge is 2.58. The quantitative estimate of drug-likeness (QED) is 0.313. The monoisotopic (exact) mass is 494 g/mol. The van der Waals surface area contributed by atoms with Crippen molar-refractivity contribution in [2.24, 2.45) is 0 Å². The molecule has 6 heteroatoms. The first kappa shape index (κ1) is 24.9. The second kappa shape index (κ2) is 9.78. The van der Waals surface area contributed by atoms with Crippen molar-refractivity contribution in [3.63, 3.8) is 0 Å². The Morgan fingerprint density at radius 2 is 1.32 bits per heavy atom. The van der Waals surface area contributed by atoms with E-state index in [-0.39, 0.29) is 11.1 Å². The maximum absolute atomic E-state index is 13.2. The molecule has 0 aliphatic carbocycles. The molecule has 1 fully saturated rings. The summed E-state index contributed by atoms with van der Waals surface area (Å²) in [5.41, 5.74) is -0.871. The second-order valence-corrected chi connectivity index (χ2v) is 16.2. The molecule has 0 amide bonds. The van der Waals surface area contributed by atoms with Crippen LogP contribution in [0.15, 0.2) is 95.9 Å². The van der Waals surface area contributed by atoms with Crippen molar-refractivity contribution in [1.29, 1.82) is 0 Å². The Kier molecular flexibility index (Phi) is 7.15. The Balaban J connectivity index is 1.76. The van der Waals surface area contributed by atoms with Crippen LogP contribution in [0.2, 0.25) is 5.04 Å². The SMILES string of the molecule is CCC[C@H](O[Si](c1ccccc1)(c1ccccc1)C(C)(C)C)[C@@H]1O[C@H]1S(=O)(=O)c1ccccc1. The van der Waals surface area contributed by atoms with Crippen molar-refractivity contribution in [3.8, 4) is 0 Å². The predicted molar refractivity (Wildman–Crippen MR) is 140 cm³/mol. The van der Waals surface area contributed by atoms with Gasteiger partial charge in [-0.15, -0.1) is 0 Å². The minimum absolute atomic E-state index is 0.190. The molecule has 0 unspecified atom stereocenters. The van der Waals surface area contributed by atoms with Crippen LogP contribution in [0.5, 0.6) is 0 Å². The van der Waals surface area contributed by atoms with Gasteiger partial charge in [-0.05, 0) is 34.0 Å². The summed E-state index contributed by atoms with van der Waals surface area (Å²) in [6, 6.07) is 29.4. The molecule has 4 rings (SSSR count). The van der Waals surface area contributed by atoms with Gasteiger partial charge in [-0.2, -0.15) is 0 Å². The van der Waals surface area contributed by atoms with Crippen molar-refractivity contribution >= 4 is 28.5 Å². The molecule has 0 N–H and O–H groups in total. The van der Waals surface area contributed by atoms with Crippen molar-refractivity contribution in [1.82, 2.24) is 0 Å². The smallest absolute Gasteiger partial charge is 0.261 e. The van der Waals surface area contributed by atoms with E-state index in [9.17, 15) is 8.42 Å². The van der Waals surface area contributed by atoms with Crippen molar-refractivity contribution in [2.45, 2.75) is 68.1 Å². The van der Waals surface area contributed by atoms with Crippen LogP contribution < -0.4 is 10.4 Å². The minimum atomic E-state index is -3.59. The van der Waals surface area contributed by atoms with Gasteiger partial charge in [0.05, 0.1) is 11.0 Å². The van der Waals surface area contributed by atoms with Crippen LogP contribution in [-0.2, 0) is 19.0 Å². The summed E-state index contributed by atoms with van der Waals surface area (Å²) in [6.07, 6.45) is 0.808. The van der Waals surface area contributed by atoms with Gasteiger partial charge >= 0.3 is 0 Å². The standard InChI is InChI=1S/C28H34O4SSi/c1-5-15-25(26-27(31-26)33(29,30)22-16-9-6-10-17-22)32-34(28(2,3)4,23-18-11-7-12-19-23)24-20-13-8-14-21-24/h6-14,16-21,25-27H,5,15H2,1-4H3/t25-,26-,27-/m0/s1. The highest BCUT2D eigenvalue weighted by atomic mass is 32.2. The molecule has 3 aromatic rings. The van der Waals surface area contributed by atoms with E-state index in [2.05, 4.69) is 76.2 Å². The normalized spacial score (nSPS) is 19.5. The van der Waals surface area contributed by atoms with Crippen LogP contribution in [-0.4, -0.2) is 34.4 Å². The van der Waals surface area contributed by atoms with Crippen LogP contribution in [0.4, 0.5) is 0 Å². The zero-order chi connectivity index (χ0) is 24.4. The van der Waals surface area contributed by atoms with Gasteiger partial charge in [0.15, 0.2) is 5.44 Å². The molecule has 4 nitrogen and oxygen atoms in total. The lowest BCUT2D eigenvalue weighted by Crippen LogP contribution is -2.68. The van der Waals surface area contributed by atoms with Crippen LogP contribution in [0.1, 0.15) is 40.5 Å². The number of sulfone groups is 1. The molecular weight excluding hydrogens is 460 g/mol. The Bertz CT molecular complexity index is 1140. The van der Waals surface area contributed by atoms with Gasteiger partial charge in [0.2, 0.25) is 9.84 Å². The molecule has 0 radical (unpaired) electrons. The molecule has 3 aromatic carbocycles. The number of rotatable bonds is 9.